The number of benzene rings is 1. The number of hydrogen-bond donors (Lipinski definition) is 3. The van der Waals surface area contributed by atoms with Crippen molar-refractivity contribution >= 4 is 11.7 Å². The Bertz CT molecular complexity index is 471. The highest BCUT2D eigenvalue weighted by molar-refractivity contribution is 5.95. The van der Waals surface area contributed by atoms with E-state index in [4.69, 9.17) is 5.73 Å². The Morgan fingerprint density at radius 1 is 1.56 bits per heavy atom. The number of nitrogen functional groups attached to an aromatic ring is 1. The van der Waals surface area contributed by atoms with E-state index in [1.807, 2.05) is 4.90 Å². The van der Waals surface area contributed by atoms with Gasteiger partial charge in [0.1, 0.15) is 0 Å². The molecular weight excluding hydrogens is 232 g/mol. The molecule has 1 fully saturated rings. The Morgan fingerprint density at radius 3 is 2.83 bits per heavy atom. The zero-order valence-electron chi connectivity index (χ0n) is 10.4. The summed E-state index contributed by atoms with van der Waals surface area (Å²) in [6, 6.07) is 5.12. The van der Waals surface area contributed by atoms with Crippen LogP contribution in [0.25, 0.3) is 0 Å². The van der Waals surface area contributed by atoms with Gasteiger partial charge in [0, 0.05) is 25.3 Å². The highest BCUT2D eigenvalue weighted by Crippen LogP contribution is 2.24. The topological polar surface area (TPSA) is 86.8 Å². The van der Waals surface area contributed by atoms with Gasteiger partial charge in [0.25, 0.3) is 0 Å². The van der Waals surface area contributed by atoms with Crippen LogP contribution >= 0.6 is 0 Å². The van der Waals surface area contributed by atoms with E-state index >= 15 is 0 Å². The SMILES string of the molecule is CC1(O)CCN(Cc2cccc(N)c2C(=O)O)C1. The van der Waals surface area contributed by atoms with Crippen LogP contribution < -0.4 is 5.73 Å². The maximum absolute atomic E-state index is 11.2. The maximum atomic E-state index is 11.2. The summed E-state index contributed by atoms with van der Waals surface area (Å²) < 4.78 is 0. The second-order valence-electron chi connectivity index (χ2n) is 5.14. The van der Waals surface area contributed by atoms with Crippen LogP contribution in [0.4, 0.5) is 5.69 Å². The van der Waals surface area contributed by atoms with Gasteiger partial charge in [-0.25, -0.2) is 4.79 Å². The predicted molar refractivity (Wildman–Crippen MR) is 68.3 cm³/mol. The van der Waals surface area contributed by atoms with Crippen molar-refractivity contribution in [1.82, 2.24) is 4.90 Å². The van der Waals surface area contributed by atoms with Gasteiger partial charge in [-0.3, -0.25) is 4.90 Å². The van der Waals surface area contributed by atoms with Crippen molar-refractivity contribution in [3.8, 4) is 0 Å². The van der Waals surface area contributed by atoms with Crippen molar-refractivity contribution in [2.45, 2.75) is 25.5 Å². The molecule has 0 aromatic heterocycles. The van der Waals surface area contributed by atoms with Crippen LogP contribution in [0.2, 0.25) is 0 Å². The van der Waals surface area contributed by atoms with Gasteiger partial charge in [-0.1, -0.05) is 12.1 Å². The molecular formula is C13H18N2O3. The van der Waals surface area contributed by atoms with Crippen molar-refractivity contribution < 1.29 is 15.0 Å². The van der Waals surface area contributed by atoms with Gasteiger partial charge in [0.05, 0.1) is 11.2 Å². The first-order valence-electron chi connectivity index (χ1n) is 5.94. The molecule has 1 aromatic rings. The van der Waals surface area contributed by atoms with Crippen LogP contribution in [-0.4, -0.2) is 39.8 Å². The summed E-state index contributed by atoms with van der Waals surface area (Å²) in [6.45, 7) is 3.62. The van der Waals surface area contributed by atoms with Gasteiger partial charge >= 0.3 is 5.97 Å². The van der Waals surface area contributed by atoms with Crippen LogP contribution in [0.5, 0.6) is 0 Å². The van der Waals surface area contributed by atoms with Gasteiger partial charge in [0.15, 0.2) is 0 Å². The summed E-state index contributed by atoms with van der Waals surface area (Å²) in [6.07, 6.45) is 0.706. The minimum atomic E-state index is -1.01. The fourth-order valence-electron chi connectivity index (χ4n) is 2.43. The minimum Gasteiger partial charge on any atom is -0.478 e. The summed E-state index contributed by atoms with van der Waals surface area (Å²) in [4.78, 5) is 13.2. The first kappa shape index (κ1) is 12.9. The lowest BCUT2D eigenvalue weighted by molar-refractivity contribution is 0.0675. The summed E-state index contributed by atoms with van der Waals surface area (Å²) in [5.74, 6) is -1.01. The number of carboxylic acids is 1. The predicted octanol–water partition coefficient (Wildman–Crippen LogP) is 0.924. The molecule has 0 saturated carbocycles. The molecule has 5 heteroatoms. The van der Waals surface area contributed by atoms with E-state index in [0.717, 1.165) is 6.54 Å². The number of anilines is 1. The summed E-state index contributed by atoms with van der Waals surface area (Å²) in [5.41, 5.74) is 6.17. The largest absolute Gasteiger partial charge is 0.478 e. The average Bonchev–Trinajstić information content (AvgIpc) is 2.57. The summed E-state index contributed by atoms with van der Waals surface area (Å²) in [7, 11) is 0. The average molecular weight is 250 g/mol. The summed E-state index contributed by atoms with van der Waals surface area (Å²) >= 11 is 0. The number of aliphatic hydroxyl groups is 1. The molecule has 0 aliphatic carbocycles. The van der Waals surface area contributed by atoms with E-state index in [1.54, 1.807) is 25.1 Å². The summed E-state index contributed by atoms with van der Waals surface area (Å²) in [5, 5.41) is 19.1. The molecule has 1 aliphatic rings. The number of carbonyl (C=O) groups is 1. The van der Waals surface area contributed by atoms with Gasteiger partial charge in [-0.15, -0.1) is 0 Å². The second kappa shape index (κ2) is 4.59. The highest BCUT2D eigenvalue weighted by Gasteiger charge is 2.31. The van der Waals surface area contributed by atoms with Crippen molar-refractivity contribution in [3.63, 3.8) is 0 Å². The lowest BCUT2D eigenvalue weighted by Gasteiger charge is -2.20. The standard InChI is InChI=1S/C13H18N2O3/c1-13(18)5-6-15(8-13)7-9-3-2-4-10(14)11(9)12(16)17/h2-4,18H,5-8,14H2,1H3,(H,16,17). The van der Waals surface area contributed by atoms with Crippen LogP contribution in [0.1, 0.15) is 29.3 Å². The molecule has 1 atom stereocenters. The molecule has 18 heavy (non-hydrogen) atoms. The molecule has 1 unspecified atom stereocenters. The monoisotopic (exact) mass is 250 g/mol. The zero-order valence-corrected chi connectivity index (χ0v) is 10.4. The van der Waals surface area contributed by atoms with E-state index in [0.29, 0.717) is 25.1 Å². The Labute approximate surface area is 106 Å². The fraction of sp³-hybridized carbons (Fsp3) is 0.462. The van der Waals surface area contributed by atoms with Gasteiger partial charge in [0.2, 0.25) is 0 Å². The number of nitrogens with two attached hydrogens (primary N) is 1. The number of aromatic carboxylic acids is 1. The molecule has 1 saturated heterocycles. The van der Waals surface area contributed by atoms with E-state index in [-0.39, 0.29) is 11.3 Å². The third-order valence-electron chi connectivity index (χ3n) is 3.32. The molecule has 0 amide bonds. The van der Waals surface area contributed by atoms with Crippen molar-refractivity contribution in [2.75, 3.05) is 18.8 Å². The Morgan fingerprint density at radius 2 is 2.28 bits per heavy atom. The molecule has 0 bridgehead atoms. The molecule has 98 valence electrons. The smallest absolute Gasteiger partial charge is 0.338 e. The quantitative estimate of drug-likeness (QED) is 0.694. The number of rotatable bonds is 3. The van der Waals surface area contributed by atoms with Crippen LogP contribution in [0.3, 0.4) is 0 Å². The van der Waals surface area contributed by atoms with Gasteiger partial charge < -0.3 is 15.9 Å². The molecule has 1 aromatic carbocycles. The van der Waals surface area contributed by atoms with E-state index < -0.39 is 11.6 Å². The molecule has 0 spiro atoms. The maximum Gasteiger partial charge on any atom is 0.338 e. The van der Waals surface area contributed by atoms with E-state index in [2.05, 4.69) is 0 Å². The molecule has 4 N–H and O–H groups in total. The number of β-amino-alcohol motifs (C(OH)–C–C–N with tert-alkyl or cyclic N) is 1. The molecule has 5 nitrogen and oxygen atoms in total. The Hall–Kier alpha value is -1.59. The molecule has 1 aliphatic heterocycles. The van der Waals surface area contributed by atoms with Crippen LogP contribution in [0.15, 0.2) is 18.2 Å². The number of nitrogens with zero attached hydrogens (tertiary/aromatic N) is 1. The first-order chi connectivity index (χ1) is 8.39. The second-order valence-corrected chi connectivity index (χ2v) is 5.14. The highest BCUT2D eigenvalue weighted by atomic mass is 16.4. The number of carboxylic acid groups (broad SMARTS) is 1. The first-order valence-corrected chi connectivity index (χ1v) is 5.94. The number of hydrogen-bond acceptors (Lipinski definition) is 4. The molecule has 2 rings (SSSR count). The normalized spacial score (nSPS) is 24.3. The molecule has 1 heterocycles. The lowest BCUT2D eigenvalue weighted by atomic mass is 10.0. The van der Waals surface area contributed by atoms with E-state index in [1.165, 1.54) is 0 Å². The fourth-order valence-corrected chi connectivity index (χ4v) is 2.43. The third kappa shape index (κ3) is 2.63. The van der Waals surface area contributed by atoms with Crippen molar-refractivity contribution in [1.29, 1.82) is 0 Å². The van der Waals surface area contributed by atoms with Gasteiger partial charge in [-0.2, -0.15) is 0 Å². The van der Waals surface area contributed by atoms with E-state index in [9.17, 15) is 15.0 Å². The molecule has 0 radical (unpaired) electrons. The number of likely N-dealkylation sites (tertiary alicyclic amines) is 1. The van der Waals surface area contributed by atoms with Crippen LogP contribution in [-0.2, 0) is 6.54 Å². The van der Waals surface area contributed by atoms with Gasteiger partial charge in [-0.05, 0) is 25.0 Å². The van der Waals surface area contributed by atoms with Crippen LogP contribution in [0, 0.1) is 0 Å². The third-order valence-corrected chi connectivity index (χ3v) is 3.32. The zero-order chi connectivity index (χ0) is 13.3. The lowest BCUT2D eigenvalue weighted by Crippen LogP contribution is -2.29. The van der Waals surface area contributed by atoms with Crippen molar-refractivity contribution in [2.24, 2.45) is 0 Å². The Kier molecular flexibility index (Phi) is 3.28. The van der Waals surface area contributed by atoms with Crippen molar-refractivity contribution in [3.05, 3.63) is 29.3 Å². The Balaban J connectivity index is 2.20. The minimum absolute atomic E-state index is 0.170.